The van der Waals surface area contributed by atoms with E-state index >= 15 is 0 Å². The molecular formula is C12H16N2O3. The van der Waals surface area contributed by atoms with Gasteiger partial charge in [0, 0.05) is 19.6 Å². The molecule has 0 saturated carbocycles. The summed E-state index contributed by atoms with van der Waals surface area (Å²) >= 11 is 0. The number of hydrazine groups is 1. The molecule has 0 atom stereocenters. The van der Waals surface area contributed by atoms with Crippen LogP contribution in [0.25, 0.3) is 0 Å². The third-order valence-corrected chi connectivity index (χ3v) is 2.95. The molecule has 1 fully saturated rings. The number of benzene rings is 1. The number of hydrogen-bond donors (Lipinski definition) is 1. The van der Waals surface area contributed by atoms with Gasteiger partial charge in [-0.2, -0.15) is 0 Å². The van der Waals surface area contributed by atoms with E-state index in [1.54, 1.807) is 0 Å². The van der Waals surface area contributed by atoms with Gasteiger partial charge in [-0.05, 0) is 17.7 Å². The van der Waals surface area contributed by atoms with Crippen molar-refractivity contribution >= 4 is 0 Å². The molecule has 92 valence electrons. The van der Waals surface area contributed by atoms with Gasteiger partial charge in [-0.3, -0.25) is 5.43 Å². The lowest BCUT2D eigenvalue weighted by atomic mass is 10.2. The zero-order valence-electron chi connectivity index (χ0n) is 9.65. The second-order valence-corrected chi connectivity index (χ2v) is 4.12. The van der Waals surface area contributed by atoms with Gasteiger partial charge in [0.25, 0.3) is 0 Å². The van der Waals surface area contributed by atoms with Gasteiger partial charge in [-0.15, -0.1) is 0 Å². The minimum absolute atomic E-state index is 0.329. The van der Waals surface area contributed by atoms with E-state index in [1.165, 1.54) is 5.56 Å². The Balaban J connectivity index is 1.57. The molecule has 0 aromatic heterocycles. The maximum Gasteiger partial charge on any atom is 0.231 e. The van der Waals surface area contributed by atoms with Crippen LogP contribution in [0, 0.1) is 0 Å². The summed E-state index contributed by atoms with van der Waals surface area (Å²) < 4.78 is 15.9. The Kier molecular flexibility index (Phi) is 3.13. The monoisotopic (exact) mass is 236 g/mol. The number of nitrogens with one attached hydrogen (secondary N) is 1. The first-order valence-electron chi connectivity index (χ1n) is 5.86. The van der Waals surface area contributed by atoms with Gasteiger partial charge in [0.2, 0.25) is 6.79 Å². The molecule has 0 radical (unpaired) electrons. The minimum atomic E-state index is 0.329. The Labute approximate surface area is 100 Å². The number of ether oxygens (including phenoxy) is 3. The predicted octanol–water partition coefficient (Wildman–Crippen LogP) is 0.752. The van der Waals surface area contributed by atoms with Crippen LogP contribution in [0.3, 0.4) is 0 Å². The normalized spacial score (nSPS) is 19.5. The van der Waals surface area contributed by atoms with Gasteiger partial charge >= 0.3 is 0 Å². The van der Waals surface area contributed by atoms with Crippen LogP contribution in [0.15, 0.2) is 18.2 Å². The van der Waals surface area contributed by atoms with E-state index in [-0.39, 0.29) is 0 Å². The van der Waals surface area contributed by atoms with Crippen molar-refractivity contribution in [2.45, 2.75) is 6.54 Å². The molecule has 2 aliphatic rings. The van der Waals surface area contributed by atoms with Crippen LogP contribution in [0.2, 0.25) is 0 Å². The zero-order valence-corrected chi connectivity index (χ0v) is 9.65. The fourth-order valence-corrected chi connectivity index (χ4v) is 1.98. The highest BCUT2D eigenvalue weighted by molar-refractivity contribution is 5.44. The SMILES string of the molecule is c1cc2c(cc1CNN1CCOCC1)OCO2. The molecular weight excluding hydrogens is 220 g/mol. The predicted molar refractivity (Wildman–Crippen MR) is 61.8 cm³/mol. The lowest BCUT2D eigenvalue weighted by molar-refractivity contribution is 0.0105. The lowest BCUT2D eigenvalue weighted by Gasteiger charge is -2.27. The second-order valence-electron chi connectivity index (χ2n) is 4.12. The highest BCUT2D eigenvalue weighted by Gasteiger charge is 2.14. The molecule has 1 aromatic carbocycles. The van der Waals surface area contributed by atoms with Gasteiger partial charge in [0.15, 0.2) is 11.5 Å². The minimum Gasteiger partial charge on any atom is -0.454 e. The molecule has 5 heteroatoms. The molecule has 0 bridgehead atoms. The van der Waals surface area contributed by atoms with E-state index in [0.29, 0.717) is 6.79 Å². The smallest absolute Gasteiger partial charge is 0.231 e. The number of fused-ring (bicyclic) bond motifs is 1. The molecule has 1 aromatic rings. The summed E-state index contributed by atoms with van der Waals surface area (Å²) in [5, 5.41) is 2.19. The van der Waals surface area contributed by atoms with Crippen molar-refractivity contribution in [3.05, 3.63) is 23.8 Å². The third kappa shape index (κ3) is 2.52. The number of morpholine rings is 1. The molecule has 1 saturated heterocycles. The van der Waals surface area contributed by atoms with Gasteiger partial charge in [0.05, 0.1) is 13.2 Å². The van der Waals surface area contributed by atoms with E-state index in [9.17, 15) is 0 Å². The Morgan fingerprint density at radius 3 is 2.82 bits per heavy atom. The first-order chi connectivity index (χ1) is 8.42. The Morgan fingerprint density at radius 1 is 1.12 bits per heavy atom. The molecule has 2 heterocycles. The zero-order chi connectivity index (χ0) is 11.5. The third-order valence-electron chi connectivity index (χ3n) is 2.95. The Morgan fingerprint density at radius 2 is 1.94 bits per heavy atom. The Hall–Kier alpha value is -1.30. The van der Waals surface area contributed by atoms with E-state index < -0.39 is 0 Å². The number of rotatable bonds is 3. The van der Waals surface area contributed by atoms with Crippen molar-refractivity contribution in [3.8, 4) is 11.5 Å². The van der Waals surface area contributed by atoms with Gasteiger partial charge in [0.1, 0.15) is 0 Å². The summed E-state index contributed by atoms with van der Waals surface area (Å²) in [5.41, 5.74) is 4.58. The first kappa shape index (κ1) is 10.8. The Bertz CT molecular complexity index is 391. The highest BCUT2D eigenvalue weighted by Crippen LogP contribution is 2.32. The van der Waals surface area contributed by atoms with Crippen molar-refractivity contribution in [1.82, 2.24) is 10.4 Å². The largest absolute Gasteiger partial charge is 0.454 e. The molecule has 3 rings (SSSR count). The van der Waals surface area contributed by atoms with Crippen molar-refractivity contribution in [3.63, 3.8) is 0 Å². The van der Waals surface area contributed by atoms with E-state index in [4.69, 9.17) is 14.2 Å². The highest BCUT2D eigenvalue weighted by atomic mass is 16.7. The van der Waals surface area contributed by atoms with E-state index in [1.807, 2.05) is 12.1 Å². The summed E-state index contributed by atoms with van der Waals surface area (Å²) in [4.78, 5) is 0. The van der Waals surface area contributed by atoms with Gasteiger partial charge < -0.3 is 14.2 Å². The van der Waals surface area contributed by atoms with Crippen LogP contribution in [0.5, 0.6) is 11.5 Å². The van der Waals surface area contributed by atoms with Crippen molar-refractivity contribution < 1.29 is 14.2 Å². The van der Waals surface area contributed by atoms with Crippen LogP contribution in [-0.4, -0.2) is 38.1 Å². The molecule has 17 heavy (non-hydrogen) atoms. The summed E-state index contributed by atoms with van der Waals surface area (Å²) in [6.45, 7) is 4.60. The fraction of sp³-hybridized carbons (Fsp3) is 0.500. The second kappa shape index (κ2) is 4.91. The average molecular weight is 236 g/mol. The summed E-state index contributed by atoms with van der Waals surface area (Å²) in [7, 11) is 0. The maximum atomic E-state index is 5.35. The summed E-state index contributed by atoms with van der Waals surface area (Å²) in [6, 6.07) is 6.04. The summed E-state index contributed by atoms with van der Waals surface area (Å²) in [5.74, 6) is 1.67. The van der Waals surface area contributed by atoms with Crippen LogP contribution in [-0.2, 0) is 11.3 Å². The molecule has 2 aliphatic heterocycles. The molecule has 5 nitrogen and oxygen atoms in total. The standard InChI is InChI=1S/C12H16N2O3/c1-2-11-12(17-9-16-11)7-10(1)8-13-14-3-5-15-6-4-14/h1-2,7,13H,3-6,8-9H2. The quantitative estimate of drug-likeness (QED) is 0.839. The lowest BCUT2D eigenvalue weighted by Crippen LogP contribution is -2.45. The maximum absolute atomic E-state index is 5.35. The fourth-order valence-electron chi connectivity index (χ4n) is 1.98. The van der Waals surface area contributed by atoms with E-state index in [2.05, 4.69) is 16.5 Å². The molecule has 0 spiro atoms. The van der Waals surface area contributed by atoms with Crippen LogP contribution < -0.4 is 14.9 Å². The topological polar surface area (TPSA) is 43.0 Å². The molecule has 0 aliphatic carbocycles. The number of nitrogens with zero attached hydrogens (tertiary/aromatic N) is 1. The molecule has 0 unspecified atom stereocenters. The van der Waals surface area contributed by atoms with Crippen LogP contribution in [0.1, 0.15) is 5.56 Å². The van der Waals surface area contributed by atoms with Crippen LogP contribution in [0.4, 0.5) is 0 Å². The van der Waals surface area contributed by atoms with Gasteiger partial charge in [-0.1, -0.05) is 6.07 Å². The molecule has 1 N–H and O–H groups in total. The average Bonchev–Trinajstić information content (AvgIpc) is 2.85. The number of hydrogen-bond acceptors (Lipinski definition) is 5. The van der Waals surface area contributed by atoms with Crippen molar-refractivity contribution in [1.29, 1.82) is 0 Å². The van der Waals surface area contributed by atoms with E-state index in [0.717, 1.165) is 44.3 Å². The van der Waals surface area contributed by atoms with Crippen molar-refractivity contribution in [2.75, 3.05) is 33.1 Å². The van der Waals surface area contributed by atoms with Crippen molar-refractivity contribution in [2.24, 2.45) is 0 Å². The summed E-state index contributed by atoms with van der Waals surface area (Å²) in [6.07, 6.45) is 0. The first-order valence-corrected chi connectivity index (χ1v) is 5.86. The van der Waals surface area contributed by atoms with Gasteiger partial charge in [-0.25, -0.2) is 5.01 Å². The molecule has 0 amide bonds. The van der Waals surface area contributed by atoms with Crippen LogP contribution >= 0.6 is 0 Å².